The van der Waals surface area contributed by atoms with Crippen LogP contribution < -0.4 is 5.32 Å². The topological polar surface area (TPSA) is 52.9 Å². The van der Waals surface area contributed by atoms with E-state index in [1.54, 1.807) is 0 Å². The maximum absolute atomic E-state index is 11.7. The van der Waals surface area contributed by atoms with Gasteiger partial charge >= 0.3 is 0 Å². The molecule has 2 aliphatic carbocycles. The number of hydrogen-bond acceptors (Lipinski definition) is 2. The zero-order valence-corrected chi connectivity index (χ0v) is 9.09. The zero-order chi connectivity index (χ0) is 10.7. The van der Waals surface area contributed by atoms with Crippen molar-refractivity contribution in [3.8, 4) is 6.07 Å². The molecule has 2 aliphatic rings. The van der Waals surface area contributed by atoms with Gasteiger partial charge < -0.3 is 5.32 Å². The maximum Gasteiger partial charge on any atom is 0.221 e. The van der Waals surface area contributed by atoms with Gasteiger partial charge in [-0.1, -0.05) is 6.42 Å². The molecule has 82 valence electrons. The highest BCUT2D eigenvalue weighted by Crippen LogP contribution is 2.31. The monoisotopic (exact) mass is 206 g/mol. The molecule has 0 unspecified atom stereocenters. The Kier molecular flexibility index (Phi) is 2.95. The second kappa shape index (κ2) is 4.22. The molecular formula is C12H18N2O. The Hall–Kier alpha value is -1.04. The van der Waals surface area contributed by atoms with Crippen LogP contribution in [-0.2, 0) is 4.79 Å². The molecule has 2 saturated carbocycles. The summed E-state index contributed by atoms with van der Waals surface area (Å²) in [7, 11) is 0. The van der Waals surface area contributed by atoms with Crippen molar-refractivity contribution in [3.05, 3.63) is 0 Å². The number of nitrogens with one attached hydrogen (secondary N) is 1. The molecule has 0 saturated heterocycles. The van der Waals surface area contributed by atoms with Crippen LogP contribution in [0.2, 0.25) is 0 Å². The Morgan fingerprint density at radius 2 is 2.00 bits per heavy atom. The summed E-state index contributed by atoms with van der Waals surface area (Å²) in [6, 6.07) is 2.29. The molecule has 1 amide bonds. The van der Waals surface area contributed by atoms with Gasteiger partial charge in [0.1, 0.15) is 5.54 Å². The van der Waals surface area contributed by atoms with Crippen molar-refractivity contribution < 1.29 is 4.79 Å². The molecular weight excluding hydrogens is 188 g/mol. The van der Waals surface area contributed by atoms with Crippen molar-refractivity contribution in [2.24, 2.45) is 5.92 Å². The summed E-state index contributed by atoms with van der Waals surface area (Å²) in [5.41, 5.74) is -0.527. The van der Waals surface area contributed by atoms with Gasteiger partial charge in [0.15, 0.2) is 0 Å². The molecule has 0 spiro atoms. The van der Waals surface area contributed by atoms with E-state index >= 15 is 0 Å². The van der Waals surface area contributed by atoms with Gasteiger partial charge in [0.2, 0.25) is 5.91 Å². The lowest BCUT2D eigenvalue weighted by molar-refractivity contribution is -0.123. The molecule has 0 aromatic carbocycles. The molecule has 15 heavy (non-hydrogen) atoms. The first kappa shape index (κ1) is 10.5. The van der Waals surface area contributed by atoms with Crippen LogP contribution in [0, 0.1) is 17.2 Å². The molecule has 0 aromatic heterocycles. The van der Waals surface area contributed by atoms with Crippen LogP contribution in [-0.4, -0.2) is 11.4 Å². The largest absolute Gasteiger partial charge is 0.338 e. The number of rotatable bonds is 3. The maximum atomic E-state index is 11.7. The van der Waals surface area contributed by atoms with Crippen LogP contribution in [0.25, 0.3) is 0 Å². The average molecular weight is 206 g/mol. The minimum atomic E-state index is -0.527. The van der Waals surface area contributed by atoms with E-state index in [1.165, 1.54) is 19.3 Å². The minimum absolute atomic E-state index is 0.0863. The van der Waals surface area contributed by atoms with Gasteiger partial charge in [-0.05, 0) is 44.4 Å². The zero-order valence-electron chi connectivity index (χ0n) is 9.09. The van der Waals surface area contributed by atoms with E-state index < -0.39 is 5.54 Å². The van der Waals surface area contributed by atoms with Crippen LogP contribution in [0.1, 0.15) is 51.4 Å². The number of carbonyl (C=O) groups is 1. The molecule has 0 heterocycles. The molecule has 0 radical (unpaired) electrons. The lowest BCUT2D eigenvalue weighted by Crippen LogP contribution is -2.45. The summed E-state index contributed by atoms with van der Waals surface area (Å²) in [5.74, 6) is 0.672. The van der Waals surface area contributed by atoms with E-state index in [0.717, 1.165) is 25.7 Å². The standard InChI is InChI=1S/C12H18N2O/c13-9-12(6-1-2-7-12)14-11(15)8-10-4-3-5-10/h10H,1-8H2,(H,14,15). The molecule has 2 fully saturated rings. The summed E-state index contributed by atoms with van der Waals surface area (Å²) < 4.78 is 0. The Bertz CT molecular complexity index is 282. The summed E-state index contributed by atoms with van der Waals surface area (Å²) in [6.45, 7) is 0. The number of carbonyl (C=O) groups excluding carboxylic acids is 1. The number of amides is 1. The fourth-order valence-corrected chi connectivity index (χ4v) is 2.52. The first-order chi connectivity index (χ1) is 7.24. The first-order valence-corrected chi connectivity index (χ1v) is 5.96. The molecule has 0 bridgehead atoms. The Balaban J connectivity index is 1.83. The SMILES string of the molecule is N#CC1(NC(=O)CC2CCC2)CCCC1. The van der Waals surface area contributed by atoms with Crippen molar-refractivity contribution in [2.75, 3.05) is 0 Å². The molecule has 0 atom stereocenters. The smallest absolute Gasteiger partial charge is 0.221 e. The van der Waals surface area contributed by atoms with Crippen LogP contribution >= 0.6 is 0 Å². The van der Waals surface area contributed by atoms with Crippen molar-refractivity contribution in [3.63, 3.8) is 0 Å². The summed E-state index contributed by atoms with van der Waals surface area (Å²) >= 11 is 0. The highest BCUT2D eigenvalue weighted by molar-refractivity contribution is 5.77. The van der Waals surface area contributed by atoms with E-state index in [9.17, 15) is 4.79 Å². The quantitative estimate of drug-likeness (QED) is 0.769. The fourth-order valence-electron chi connectivity index (χ4n) is 2.52. The van der Waals surface area contributed by atoms with E-state index in [0.29, 0.717) is 12.3 Å². The fraction of sp³-hybridized carbons (Fsp3) is 0.833. The predicted octanol–water partition coefficient (Wildman–Crippen LogP) is 2.13. The van der Waals surface area contributed by atoms with Gasteiger partial charge in [0.25, 0.3) is 0 Å². The highest BCUT2D eigenvalue weighted by atomic mass is 16.1. The molecule has 0 aromatic rings. The van der Waals surface area contributed by atoms with E-state index in [-0.39, 0.29) is 5.91 Å². The Labute approximate surface area is 90.8 Å². The second-order valence-electron chi connectivity index (χ2n) is 4.95. The van der Waals surface area contributed by atoms with Crippen molar-refractivity contribution in [1.82, 2.24) is 5.32 Å². The molecule has 2 rings (SSSR count). The highest BCUT2D eigenvalue weighted by Gasteiger charge is 2.35. The van der Waals surface area contributed by atoms with Crippen LogP contribution in [0.15, 0.2) is 0 Å². The second-order valence-corrected chi connectivity index (χ2v) is 4.95. The number of nitrogens with zero attached hydrogens (tertiary/aromatic N) is 1. The molecule has 3 heteroatoms. The number of nitriles is 1. The summed E-state index contributed by atoms with van der Waals surface area (Å²) in [6.07, 6.45) is 8.07. The third-order valence-electron chi connectivity index (χ3n) is 3.75. The van der Waals surface area contributed by atoms with Crippen molar-refractivity contribution >= 4 is 5.91 Å². The van der Waals surface area contributed by atoms with E-state index in [4.69, 9.17) is 5.26 Å². The normalized spacial score (nSPS) is 24.2. The third kappa shape index (κ3) is 2.31. The minimum Gasteiger partial charge on any atom is -0.338 e. The van der Waals surface area contributed by atoms with Gasteiger partial charge in [-0.15, -0.1) is 0 Å². The number of hydrogen-bond donors (Lipinski definition) is 1. The Morgan fingerprint density at radius 1 is 1.33 bits per heavy atom. The lowest BCUT2D eigenvalue weighted by atomic mass is 9.82. The van der Waals surface area contributed by atoms with Crippen LogP contribution in [0.5, 0.6) is 0 Å². The van der Waals surface area contributed by atoms with Crippen molar-refractivity contribution in [2.45, 2.75) is 56.9 Å². The van der Waals surface area contributed by atoms with E-state index in [2.05, 4.69) is 11.4 Å². The van der Waals surface area contributed by atoms with Crippen LogP contribution in [0.4, 0.5) is 0 Å². The van der Waals surface area contributed by atoms with Gasteiger partial charge in [-0.25, -0.2) is 0 Å². The van der Waals surface area contributed by atoms with Crippen LogP contribution in [0.3, 0.4) is 0 Å². The average Bonchev–Trinajstić information content (AvgIpc) is 2.61. The molecule has 1 N–H and O–H groups in total. The summed E-state index contributed by atoms with van der Waals surface area (Å²) in [5, 5.41) is 12.0. The molecule has 0 aliphatic heterocycles. The summed E-state index contributed by atoms with van der Waals surface area (Å²) in [4.78, 5) is 11.7. The predicted molar refractivity (Wildman–Crippen MR) is 56.9 cm³/mol. The lowest BCUT2D eigenvalue weighted by Gasteiger charge is -2.27. The first-order valence-electron chi connectivity index (χ1n) is 5.96. The van der Waals surface area contributed by atoms with Gasteiger partial charge in [0.05, 0.1) is 6.07 Å². The van der Waals surface area contributed by atoms with Crippen molar-refractivity contribution in [1.29, 1.82) is 5.26 Å². The van der Waals surface area contributed by atoms with Gasteiger partial charge in [0, 0.05) is 6.42 Å². The third-order valence-corrected chi connectivity index (χ3v) is 3.75. The molecule has 3 nitrogen and oxygen atoms in total. The van der Waals surface area contributed by atoms with E-state index in [1.807, 2.05) is 0 Å². The van der Waals surface area contributed by atoms with Gasteiger partial charge in [-0.3, -0.25) is 4.79 Å². The van der Waals surface area contributed by atoms with Gasteiger partial charge in [-0.2, -0.15) is 5.26 Å². The Morgan fingerprint density at radius 3 is 2.47 bits per heavy atom.